The van der Waals surface area contributed by atoms with E-state index < -0.39 is 18.0 Å². The summed E-state index contributed by atoms with van der Waals surface area (Å²) in [5.74, 6) is -0.843. The van der Waals surface area contributed by atoms with Gasteiger partial charge in [-0.2, -0.15) is 0 Å². The average molecular weight is 449 g/mol. The molecular weight excluding hydrogens is 434 g/mol. The highest BCUT2D eigenvalue weighted by Gasteiger charge is 2.40. The monoisotopic (exact) mass is 448 g/mol. The number of aliphatic hydroxyl groups is 1. The fraction of sp³-hybridized carbons (Fsp3) is 0.150. The molecule has 10 heteroatoms. The van der Waals surface area contributed by atoms with Gasteiger partial charge in [0.1, 0.15) is 17.3 Å². The van der Waals surface area contributed by atoms with E-state index >= 15 is 0 Å². The molecule has 1 aromatic heterocycles. The number of carbonyl (C=O) groups excluding carboxylic acids is 1. The second-order valence-corrected chi connectivity index (χ2v) is 7.41. The van der Waals surface area contributed by atoms with Gasteiger partial charge in [0.15, 0.2) is 6.23 Å². The van der Waals surface area contributed by atoms with E-state index in [1.54, 1.807) is 12.1 Å². The van der Waals surface area contributed by atoms with Gasteiger partial charge in [0.2, 0.25) is 5.95 Å². The van der Waals surface area contributed by atoms with Crippen LogP contribution >= 0.6 is 23.2 Å². The molecule has 0 saturated heterocycles. The summed E-state index contributed by atoms with van der Waals surface area (Å²) in [6.45, 7) is -0.0366. The zero-order chi connectivity index (χ0) is 21.6. The van der Waals surface area contributed by atoms with E-state index in [1.807, 2.05) is 0 Å². The molecule has 7 nitrogen and oxygen atoms in total. The highest BCUT2D eigenvalue weighted by atomic mass is 35.5. The molecule has 1 unspecified atom stereocenters. The van der Waals surface area contributed by atoms with Gasteiger partial charge in [0, 0.05) is 12.1 Å². The molecule has 4 rings (SSSR count). The first-order valence-corrected chi connectivity index (χ1v) is 9.50. The van der Waals surface area contributed by atoms with Gasteiger partial charge in [-0.3, -0.25) is 4.79 Å². The summed E-state index contributed by atoms with van der Waals surface area (Å²) in [7, 11) is 1.44. The van der Waals surface area contributed by atoms with Crippen LogP contribution in [0, 0.1) is 5.82 Å². The Bertz CT molecular complexity index is 1180. The van der Waals surface area contributed by atoms with Crippen molar-refractivity contribution < 1.29 is 19.0 Å². The number of amides is 1. The van der Waals surface area contributed by atoms with E-state index in [9.17, 15) is 14.3 Å². The number of fused-ring (bicyclic) bond motifs is 1. The molecule has 30 heavy (non-hydrogen) atoms. The van der Waals surface area contributed by atoms with Gasteiger partial charge in [0.25, 0.3) is 5.91 Å². The molecule has 3 aromatic rings. The second kappa shape index (κ2) is 7.71. The lowest BCUT2D eigenvalue weighted by atomic mass is 10.0. The Balaban J connectivity index is 1.83. The predicted octanol–water partition coefficient (Wildman–Crippen LogP) is 3.83. The third-order valence-electron chi connectivity index (χ3n) is 4.72. The molecule has 0 saturated carbocycles. The maximum Gasteiger partial charge on any atom is 0.275 e. The Morgan fingerprint density at radius 2 is 1.93 bits per heavy atom. The Labute approximate surface area is 180 Å². The largest absolute Gasteiger partial charge is 0.495 e. The number of methoxy groups -OCH3 is 1. The van der Waals surface area contributed by atoms with Crippen molar-refractivity contribution in [1.82, 2.24) is 14.9 Å². The van der Waals surface area contributed by atoms with Gasteiger partial charge >= 0.3 is 0 Å². The third kappa shape index (κ3) is 3.43. The third-order valence-corrected chi connectivity index (χ3v) is 5.33. The van der Waals surface area contributed by atoms with Crippen molar-refractivity contribution in [2.24, 2.45) is 0 Å². The molecule has 0 fully saturated rings. The van der Waals surface area contributed by atoms with E-state index in [2.05, 4.69) is 9.97 Å². The van der Waals surface area contributed by atoms with Gasteiger partial charge in [0.05, 0.1) is 28.4 Å². The van der Waals surface area contributed by atoms with Crippen LogP contribution in [0.2, 0.25) is 10.0 Å². The molecule has 2 aromatic carbocycles. The van der Waals surface area contributed by atoms with Crippen LogP contribution in [0.25, 0.3) is 11.3 Å². The lowest BCUT2D eigenvalue weighted by Crippen LogP contribution is -2.27. The number of nitrogen functional groups attached to an aromatic ring is 1. The molecule has 1 aliphatic heterocycles. The Kier molecular flexibility index (Phi) is 5.23. The van der Waals surface area contributed by atoms with Crippen molar-refractivity contribution in [2.45, 2.75) is 12.8 Å². The van der Waals surface area contributed by atoms with Gasteiger partial charge in [-0.15, -0.1) is 0 Å². The number of hydrogen-bond donors (Lipinski definition) is 2. The minimum absolute atomic E-state index is 0.0366. The summed E-state index contributed by atoms with van der Waals surface area (Å²) in [5, 5.41) is 11.4. The minimum Gasteiger partial charge on any atom is -0.495 e. The van der Waals surface area contributed by atoms with Gasteiger partial charge in [-0.1, -0.05) is 35.3 Å². The second-order valence-electron chi connectivity index (χ2n) is 6.60. The zero-order valence-electron chi connectivity index (χ0n) is 15.6. The van der Waals surface area contributed by atoms with Gasteiger partial charge < -0.3 is 20.5 Å². The molecule has 3 N–H and O–H groups in total. The number of nitrogens with zero attached hydrogens (tertiary/aromatic N) is 3. The molecule has 0 aliphatic carbocycles. The molecule has 0 spiro atoms. The van der Waals surface area contributed by atoms with Crippen LogP contribution in [-0.2, 0) is 6.54 Å². The van der Waals surface area contributed by atoms with Crippen LogP contribution in [0.5, 0.6) is 5.75 Å². The van der Waals surface area contributed by atoms with E-state index in [0.29, 0.717) is 16.9 Å². The van der Waals surface area contributed by atoms with Crippen LogP contribution in [0.15, 0.2) is 36.4 Å². The number of aromatic nitrogens is 2. The molecule has 1 atom stereocenters. The highest BCUT2D eigenvalue weighted by Crippen LogP contribution is 2.43. The Hall–Kier alpha value is -2.94. The fourth-order valence-corrected chi connectivity index (χ4v) is 3.91. The number of rotatable bonds is 4. The van der Waals surface area contributed by atoms with Gasteiger partial charge in [-0.05, 0) is 29.8 Å². The summed E-state index contributed by atoms with van der Waals surface area (Å²) in [6.07, 6.45) is -1.39. The summed E-state index contributed by atoms with van der Waals surface area (Å²) in [6, 6.07) is 8.75. The number of carbonyl (C=O) groups is 1. The van der Waals surface area contributed by atoms with Crippen molar-refractivity contribution >= 4 is 35.1 Å². The van der Waals surface area contributed by atoms with Crippen LogP contribution in [0.1, 0.15) is 27.8 Å². The van der Waals surface area contributed by atoms with Crippen molar-refractivity contribution in [1.29, 1.82) is 0 Å². The molecule has 1 amide bonds. The summed E-state index contributed by atoms with van der Waals surface area (Å²) in [4.78, 5) is 22.3. The fourth-order valence-electron chi connectivity index (χ4n) is 3.36. The maximum atomic E-state index is 13.5. The van der Waals surface area contributed by atoms with Crippen molar-refractivity contribution in [2.75, 3.05) is 12.8 Å². The molecule has 154 valence electrons. The maximum absolute atomic E-state index is 13.5. The van der Waals surface area contributed by atoms with Crippen molar-refractivity contribution in [3.63, 3.8) is 0 Å². The van der Waals surface area contributed by atoms with Crippen molar-refractivity contribution in [3.05, 3.63) is 69.1 Å². The smallest absolute Gasteiger partial charge is 0.275 e. The first-order valence-electron chi connectivity index (χ1n) is 8.74. The lowest BCUT2D eigenvalue weighted by molar-refractivity contribution is 0.0138. The van der Waals surface area contributed by atoms with E-state index in [4.69, 9.17) is 33.7 Å². The number of benzene rings is 2. The molecule has 1 aliphatic rings. The summed E-state index contributed by atoms with van der Waals surface area (Å²) in [5.41, 5.74) is 6.97. The van der Waals surface area contributed by atoms with E-state index in [0.717, 1.165) is 4.90 Å². The first-order chi connectivity index (χ1) is 14.3. The number of hydrogen-bond acceptors (Lipinski definition) is 6. The van der Waals surface area contributed by atoms with Crippen LogP contribution in [0.4, 0.5) is 10.3 Å². The highest BCUT2D eigenvalue weighted by molar-refractivity contribution is 6.37. The van der Waals surface area contributed by atoms with Crippen molar-refractivity contribution in [3.8, 4) is 17.0 Å². The van der Waals surface area contributed by atoms with Crippen LogP contribution in [-0.4, -0.2) is 33.0 Å². The average Bonchev–Trinajstić information content (AvgIpc) is 2.92. The number of halogens is 3. The van der Waals surface area contributed by atoms with E-state index in [1.165, 1.54) is 31.4 Å². The lowest BCUT2D eigenvalue weighted by Gasteiger charge is -2.21. The Morgan fingerprint density at radius 1 is 1.20 bits per heavy atom. The molecular formula is C20H15Cl2FN4O3. The number of nitrogens with two attached hydrogens (primary N) is 1. The number of aliphatic hydroxyl groups excluding tert-OH is 1. The van der Waals surface area contributed by atoms with Gasteiger partial charge in [-0.25, -0.2) is 14.4 Å². The molecule has 2 heterocycles. The normalized spacial score (nSPS) is 15.4. The quantitative estimate of drug-likeness (QED) is 0.628. The topological polar surface area (TPSA) is 102 Å². The number of ether oxygens (including phenoxy) is 1. The first kappa shape index (κ1) is 20.3. The molecule has 0 bridgehead atoms. The predicted molar refractivity (Wildman–Crippen MR) is 110 cm³/mol. The SMILES string of the molecule is COc1cc(-c2nc(N)nc3c2C(O)N(Cc2cccc(F)c2)C3=O)c(Cl)cc1Cl. The standard InChI is InChI=1S/C20H15Cl2FN4O3/c1-30-14-6-11(12(21)7-13(14)22)16-15-17(26-20(24)25-16)19(29)27(18(15)28)8-9-3-2-4-10(23)5-9/h2-7,18,28H,8H2,1H3,(H2,24,25,26). The number of anilines is 1. The van der Waals surface area contributed by atoms with E-state index in [-0.39, 0.29) is 39.5 Å². The summed E-state index contributed by atoms with van der Waals surface area (Å²) < 4.78 is 18.8. The molecule has 0 radical (unpaired) electrons. The summed E-state index contributed by atoms with van der Waals surface area (Å²) >= 11 is 12.5. The van der Waals surface area contributed by atoms with Crippen LogP contribution < -0.4 is 10.5 Å². The Morgan fingerprint density at radius 3 is 2.63 bits per heavy atom. The minimum atomic E-state index is -1.39. The van der Waals surface area contributed by atoms with Crippen LogP contribution in [0.3, 0.4) is 0 Å². The zero-order valence-corrected chi connectivity index (χ0v) is 17.1.